The van der Waals surface area contributed by atoms with Gasteiger partial charge in [-0.05, 0) is 24.8 Å². The standard InChI is InChI=1S/C15H19FN2O2/c16-14-12-7-6-11(17-12)8-13(14)18-15(19)20-9-10-4-2-1-3-5-10/h1-5,11-14,17H,6-9H2,(H,18,19)/t11-,12+,13+,14-/m1/s1. The van der Waals surface area contributed by atoms with E-state index < -0.39 is 18.3 Å². The molecule has 2 bridgehead atoms. The summed E-state index contributed by atoms with van der Waals surface area (Å²) < 4.78 is 19.3. The number of hydrogen-bond acceptors (Lipinski definition) is 3. The summed E-state index contributed by atoms with van der Waals surface area (Å²) in [6.07, 6.45) is 0.907. The second-order valence-corrected chi connectivity index (χ2v) is 5.54. The molecule has 5 heteroatoms. The number of halogens is 1. The molecule has 1 aromatic rings. The smallest absolute Gasteiger partial charge is 0.407 e. The Hall–Kier alpha value is -1.62. The van der Waals surface area contributed by atoms with Gasteiger partial charge in [0, 0.05) is 12.1 Å². The van der Waals surface area contributed by atoms with Crippen LogP contribution >= 0.6 is 0 Å². The van der Waals surface area contributed by atoms with Gasteiger partial charge in [0.25, 0.3) is 0 Å². The van der Waals surface area contributed by atoms with Crippen molar-refractivity contribution in [3.8, 4) is 0 Å². The Morgan fingerprint density at radius 3 is 2.95 bits per heavy atom. The van der Waals surface area contributed by atoms with Crippen LogP contribution in [0.5, 0.6) is 0 Å². The second kappa shape index (κ2) is 5.79. The fourth-order valence-electron chi connectivity index (χ4n) is 3.06. The monoisotopic (exact) mass is 278 g/mol. The van der Waals surface area contributed by atoms with Gasteiger partial charge in [0.1, 0.15) is 12.8 Å². The Bertz CT molecular complexity index is 468. The highest BCUT2D eigenvalue weighted by molar-refractivity contribution is 5.67. The van der Waals surface area contributed by atoms with Crippen LogP contribution in [0.3, 0.4) is 0 Å². The quantitative estimate of drug-likeness (QED) is 0.890. The summed E-state index contributed by atoms with van der Waals surface area (Å²) in [5.41, 5.74) is 0.921. The predicted molar refractivity (Wildman–Crippen MR) is 73.0 cm³/mol. The van der Waals surface area contributed by atoms with Crippen molar-refractivity contribution in [2.45, 2.75) is 50.2 Å². The normalized spacial score (nSPS) is 31.9. The van der Waals surface area contributed by atoms with E-state index in [1.54, 1.807) is 0 Å². The van der Waals surface area contributed by atoms with E-state index in [0.717, 1.165) is 18.4 Å². The average molecular weight is 278 g/mol. The minimum atomic E-state index is -1.03. The van der Waals surface area contributed by atoms with E-state index in [0.29, 0.717) is 12.5 Å². The molecule has 3 rings (SSSR count). The van der Waals surface area contributed by atoms with Crippen molar-refractivity contribution in [1.82, 2.24) is 10.6 Å². The lowest BCUT2D eigenvalue weighted by atomic mass is 9.98. The number of carbonyl (C=O) groups is 1. The zero-order valence-electron chi connectivity index (χ0n) is 11.2. The van der Waals surface area contributed by atoms with Gasteiger partial charge in [-0.1, -0.05) is 30.3 Å². The molecule has 2 aliphatic rings. The van der Waals surface area contributed by atoms with Crippen LogP contribution in [0, 0.1) is 0 Å². The van der Waals surface area contributed by atoms with Crippen LogP contribution in [0.2, 0.25) is 0 Å². The summed E-state index contributed by atoms with van der Waals surface area (Å²) in [5, 5.41) is 5.90. The van der Waals surface area contributed by atoms with E-state index in [2.05, 4.69) is 10.6 Å². The highest BCUT2D eigenvalue weighted by Crippen LogP contribution is 2.29. The van der Waals surface area contributed by atoms with Crippen LogP contribution in [-0.4, -0.2) is 30.4 Å². The van der Waals surface area contributed by atoms with Crippen LogP contribution in [0.25, 0.3) is 0 Å². The first-order valence-electron chi connectivity index (χ1n) is 7.10. The maximum Gasteiger partial charge on any atom is 0.407 e. The SMILES string of the molecule is O=C(N[C@H]1C[C@H]2CC[C@H](N2)[C@H]1F)OCc1ccccc1. The number of carbonyl (C=O) groups excluding carboxylic acids is 1. The molecular weight excluding hydrogens is 259 g/mol. The molecule has 1 aromatic carbocycles. The molecule has 0 aliphatic carbocycles. The molecule has 2 heterocycles. The zero-order chi connectivity index (χ0) is 13.9. The number of ether oxygens (including phenoxy) is 1. The first-order chi connectivity index (χ1) is 9.72. The number of hydrogen-bond donors (Lipinski definition) is 2. The minimum Gasteiger partial charge on any atom is -0.445 e. The minimum absolute atomic E-state index is 0.117. The van der Waals surface area contributed by atoms with E-state index in [1.807, 2.05) is 30.3 Å². The van der Waals surface area contributed by atoms with Gasteiger partial charge < -0.3 is 15.4 Å². The predicted octanol–water partition coefficient (Wildman–Crippen LogP) is 2.14. The van der Waals surface area contributed by atoms with Crippen molar-refractivity contribution in [1.29, 1.82) is 0 Å². The highest BCUT2D eigenvalue weighted by atomic mass is 19.1. The molecule has 0 aromatic heterocycles. The van der Waals surface area contributed by atoms with Crippen molar-refractivity contribution in [2.75, 3.05) is 0 Å². The molecule has 2 N–H and O–H groups in total. The van der Waals surface area contributed by atoms with Gasteiger partial charge in [0.05, 0.1) is 6.04 Å². The van der Waals surface area contributed by atoms with Gasteiger partial charge in [-0.25, -0.2) is 9.18 Å². The summed E-state index contributed by atoms with van der Waals surface area (Å²) in [7, 11) is 0. The lowest BCUT2D eigenvalue weighted by molar-refractivity contribution is 0.111. The van der Waals surface area contributed by atoms with E-state index >= 15 is 0 Å². The topological polar surface area (TPSA) is 50.4 Å². The van der Waals surface area contributed by atoms with Crippen molar-refractivity contribution >= 4 is 6.09 Å². The Morgan fingerprint density at radius 2 is 2.15 bits per heavy atom. The van der Waals surface area contributed by atoms with Crippen molar-refractivity contribution in [2.24, 2.45) is 0 Å². The molecule has 2 aliphatic heterocycles. The van der Waals surface area contributed by atoms with Crippen molar-refractivity contribution in [3.63, 3.8) is 0 Å². The van der Waals surface area contributed by atoms with Crippen LogP contribution in [-0.2, 0) is 11.3 Å². The van der Waals surface area contributed by atoms with E-state index in [4.69, 9.17) is 4.74 Å². The number of alkyl carbamates (subject to hydrolysis) is 1. The average Bonchev–Trinajstić information content (AvgIpc) is 2.88. The lowest BCUT2D eigenvalue weighted by Gasteiger charge is -2.32. The lowest BCUT2D eigenvalue weighted by Crippen LogP contribution is -2.56. The summed E-state index contributed by atoms with van der Waals surface area (Å²) in [6.45, 7) is 0.210. The van der Waals surface area contributed by atoms with Gasteiger partial charge in [0.2, 0.25) is 0 Å². The highest BCUT2D eigenvalue weighted by Gasteiger charge is 2.42. The number of piperidine rings is 1. The zero-order valence-corrected chi connectivity index (χ0v) is 11.2. The van der Waals surface area contributed by atoms with Crippen molar-refractivity contribution < 1.29 is 13.9 Å². The first-order valence-corrected chi connectivity index (χ1v) is 7.10. The number of alkyl halides is 1. The fourth-order valence-corrected chi connectivity index (χ4v) is 3.06. The van der Waals surface area contributed by atoms with Crippen LogP contribution in [0.1, 0.15) is 24.8 Å². The van der Waals surface area contributed by atoms with Gasteiger partial charge in [-0.2, -0.15) is 0 Å². The van der Waals surface area contributed by atoms with Crippen molar-refractivity contribution in [3.05, 3.63) is 35.9 Å². The molecule has 108 valence electrons. The van der Waals surface area contributed by atoms with E-state index in [-0.39, 0.29) is 12.6 Å². The third-order valence-corrected chi connectivity index (χ3v) is 4.10. The molecular formula is C15H19FN2O2. The Morgan fingerprint density at radius 1 is 1.35 bits per heavy atom. The molecule has 2 fully saturated rings. The van der Waals surface area contributed by atoms with Gasteiger partial charge >= 0.3 is 6.09 Å². The number of nitrogens with one attached hydrogen (secondary N) is 2. The number of rotatable bonds is 3. The molecule has 0 unspecified atom stereocenters. The van der Waals surface area contributed by atoms with E-state index in [1.165, 1.54) is 0 Å². The van der Waals surface area contributed by atoms with Crippen LogP contribution < -0.4 is 10.6 Å². The van der Waals surface area contributed by atoms with Gasteiger partial charge in [-0.15, -0.1) is 0 Å². The third-order valence-electron chi connectivity index (χ3n) is 4.10. The Labute approximate surface area is 117 Å². The number of fused-ring (bicyclic) bond motifs is 2. The number of benzene rings is 1. The van der Waals surface area contributed by atoms with Crippen LogP contribution in [0.4, 0.5) is 9.18 Å². The summed E-state index contributed by atoms with van der Waals surface area (Å²) in [4.78, 5) is 11.7. The maximum absolute atomic E-state index is 14.1. The summed E-state index contributed by atoms with van der Waals surface area (Å²) in [5.74, 6) is 0. The second-order valence-electron chi connectivity index (χ2n) is 5.54. The molecule has 0 saturated carbocycles. The molecule has 0 spiro atoms. The molecule has 2 saturated heterocycles. The van der Waals surface area contributed by atoms with Crippen LogP contribution in [0.15, 0.2) is 30.3 Å². The fraction of sp³-hybridized carbons (Fsp3) is 0.533. The Kier molecular flexibility index (Phi) is 3.87. The third kappa shape index (κ3) is 2.93. The number of amides is 1. The van der Waals surface area contributed by atoms with Gasteiger partial charge in [-0.3, -0.25) is 0 Å². The van der Waals surface area contributed by atoms with E-state index in [9.17, 15) is 9.18 Å². The summed E-state index contributed by atoms with van der Waals surface area (Å²) in [6, 6.07) is 9.22. The summed E-state index contributed by atoms with van der Waals surface area (Å²) >= 11 is 0. The molecule has 20 heavy (non-hydrogen) atoms. The maximum atomic E-state index is 14.1. The Balaban J connectivity index is 1.49. The molecule has 4 atom stereocenters. The first kappa shape index (κ1) is 13.4. The molecule has 1 amide bonds. The molecule has 0 radical (unpaired) electrons. The molecule has 4 nitrogen and oxygen atoms in total. The van der Waals surface area contributed by atoms with Gasteiger partial charge in [0.15, 0.2) is 0 Å². The largest absolute Gasteiger partial charge is 0.445 e.